The summed E-state index contributed by atoms with van der Waals surface area (Å²) in [6.07, 6.45) is 0.815. The maximum absolute atomic E-state index is 13.0. The van der Waals surface area contributed by atoms with Gasteiger partial charge in [-0.2, -0.15) is 0 Å². The summed E-state index contributed by atoms with van der Waals surface area (Å²) in [7, 11) is -1.22. The number of halogens is 1. The molecule has 1 aromatic carbocycles. The molecule has 0 saturated heterocycles. The highest BCUT2D eigenvalue weighted by molar-refractivity contribution is 7.85. The number of benzene rings is 1. The maximum atomic E-state index is 13.0. The van der Waals surface area contributed by atoms with Crippen molar-refractivity contribution >= 4 is 16.5 Å². The summed E-state index contributed by atoms with van der Waals surface area (Å²) in [5.41, 5.74) is 6.19. The zero-order chi connectivity index (χ0) is 12.3. The van der Waals surface area contributed by atoms with Crippen molar-refractivity contribution in [3.05, 3.63) is 24.0 Å². The maximum Gasteiger partial charge on any atom is 0.124 e. The van der Waals surface area contributed by atoms with Crippen LogP contribution in [0.4, 0.5) is 10.1 Å². The largest absolute Gasteiger partial charge is 0.398 e. The summed E-state index contributed by atoms with van der Waals surface area (Å²) in [6, 6.07) is 3.99. The van der Waals surface area contributed by atoms with Crippen molar-refractivity contribution in [2.24, 2.45) is 5.41 Å². The van der Waals surface area contributed by atoms with E-state index < -0.39 is 16.6 Å². The van der Waals surface area contributed by atoms with Crippen LogP contribution >= 0.6 is 0 Å². The van der Waals surface area contributed by atoms with E-state index in [9.17, 15) is 8.60 Å². The molecule has 2 nitrogen and oxygen atoms in total. The minimum absolute atomic E-state index is 0.123. The monoisotopic (exact) mass is 243 g/mol. The van der Waals surface area contributed by atoms with Gasteiger partial charge in [-0.25, -0.2) is 4.39 Å². The normalized spacial score (nSPS) is 13.8. The summed E-state index contributed by atoms with van der Waals surface area (Å²) in [5, 5.41) is 0. The van der Waals surface area contributed by atoms with E-state index in [1.165, 1.54) is 18.2 Å². The van der Waals surface area contributed by atoms with Crippen LogP contribution < -0.4 is 5.73 Å². The molecule has 1 atom stereocenters. The average Bonchev–Trinajstić information content (AvgIpc) is 2.17. The Morgan fingerprint density at radius 3 is 2.56 bits per heavy atom. The molecule has 0 heterocycles. The van der Waals surface area contributed by atoms with Gasteiger partial charge in [-0.3, -0.25) is 4.21 Å². The number of anilines is 1. The van der Waals surface area contributed by atoms with Crippen molar-refractivity contribution in [2.75, 3.05) is 11.5 Å². The second-order valence-corrected chi connectivity index (χ2v) is 6.58. The van der Waals surface area contributed by atoms with Crippen LogP contribution in [0.1, 0.15) is 27.2 Å². The van der Waals surface area contributed by atoms with Gasteiger partial charge in [0.15, 0.2) is 0 Å². The lowest BCUT2D eigenvalue weighted by molar-refractivity contribution is 0.400. The topological polar surface area (TPSA) is 43.1 Å². The Labute approximate surface area is 98.5 Å². The molecule has 16 heavy (non-hydrogen) atoms. The molecule has 0 spiro atoms. The Hall–Kier alpha value is -0.900. The van der Waals surface area contributed by atoms with Crippen molar-refractivity contribution < 1.29 is 8.60 Å². The molecular weight excluding hydrogens is 225 g/mol. The lowest BCUT2D eigenvalue weighted by atomic mass is 9.94. The zero-order valence-electron chi connectivity index (χ0n) is 9.92. The molecule has 0 bridgehead atoms. The predicted octanol–water partition coefficient (Wildman–Crippen LogP) is 2.95. The van der Waals surface area contributed by atoms with Crippen molar-refractivity contribution in [2.45, 2.75) is 32.1 Å². The Morgan fingerprint density at radius 2 is 2.00 bits per heavy atom. The molecule has 0 saturated carbocycles. The van der Waals surface area contributed by atoms with Gasteiger partial charge in [0.25, 0.3) is 0 Å². The first kappa shape index (κ1) is 13.2. The molecule has 90 valence electrons. The van der Waals surface area contributed by atoms with E-state index in [2.05, 4.69) is 20.8 Å². The van der Waals surface area contributed by atoms with E-state index in [0.717, 1.165) is 6.42 Å². The van der Waals surface area contributed by atoms with Crippen LogP contribution in [0, 0.1) is 11.2 Å². The van der Waals surface area contributed by atoms with Crippen LogP contribution in [-0.2, 0) is 10.8 Å². The molecular formula is C12H18FNOS. The van der Waals surface area contributed by atoms with Crippen LogP contribution in [0.15, 0.2) is 23.1 Å². The number of rotatable bonds is 3. The summed E-state index contributed by atoms with van der Waals surface area (Å²) < 4.78 is 24.9. The van der Waals surface area contributed by atoms with Crippen LogP contribution in [-0.4, -0.2) is 9.96 Å². The second-order valence-electron chi connectivity index (χ2n) is 5.04. The average molecular weight is 243 g/mol. The fourth-order valence-electron chi connectivity index (χ4n) is 1.21. The summed E-state index contributed by atoms with van der Waals surface area (Å²) in [6.45, 7) is 6.25. The van der Waals surface area contributed by atoms with Crippen LogP contribution in [0.3, 0.4) is 0 Å². The first-order valence-corrected chi connectivity index (χ1v) is 6.55. The van der Waals surface area contributed by atoms with Gasteiger partial charge in [-0.15, -0.1) is 0 Å². The molecule has 0 radical (unpaired) electrons. The first-order chi connectivity index (χ1) is 7.29. The van der Waals surface area contributed by atoms with E-state index in [4.69, 9.17) is 5.73 Å². The van der Waals surface area contributed by atoms with Crippen molar-refractivity contribution in [1.29, 1.82) is 0 Å². The molecule has 0 amide bonds. The van der Waals surface area contributed by atoms with E-state index in [0.29, 0.717) is 16.3 Å². The van der Waals surface area contributed by atoms with Gasteiger partial charge in [0.2, 0.25) is 0 Å². The highest BCUT2D eigenvalue weighted by Gasteiger charge is 2.15. The lowest BCUT2D eigenvalue weighted by Gasteiger charge is -2.17. The van der Waals surface area contributed by atoms with Gasteiger partial charge >= 0.3 is 0 Å². The number of hydrogen-bond donors (Lipinski definition) is 1. The van der Waals surface area contributed by atoms with Crippen LogP contribution in [0.5, 0.6) is 0 Å². The number of nitrogen functional groups attached to an aromatic ring is 1. The van der Waals surface area contributed by atoms with Gasteiger partial charge in [0.1, 0.15) is 5.82 Å². The van der Waals surface area contributed by atoms with Crippen molar-refractivity contribution in [3.8, 4) is 0 Å². The minimum atomic E-state index is -1.22. The Morgan fingerprint density at radius 1 is 1.38 bits per heavy atom. The summed E-state index contributed by atoms with van der Waals surface area (Å²) in [4.78, 5) is 0.407. The van der Waals surface area contributed by atoms with Crippen LogP contribution in [0.2, 0.25) is 0 Å². The van der Waals surface area contributed by atoms with E-state index in [1.807, 2.05) is 0 Å². The Balaban J connectivity index is 2.77. The third-order valence-corrected chi connectivity index (χ3v) is 3.68. The van der Waals surface area contributed by atoms with Gasteiger partial charge in [-0.05, 0) is 30.0 Å². The Kier molecular flexibility index (Phi) is 4.08. The van der Waals surface area contributed by atoms with Crippen LogP contribution in [0.25, 0.3) is 0 Å². The Bertz CT molecular complexity index is 398. The van der Waals surface area contributed by atoms with Crippen molar-refractivity contribution in [1.82, 2.24) is 0 Å². The second kappa shape index (κ2) is 4.95. The highest BCUT2D eigenvalue weighted by Crippen LogP contribution is 2.23. The molecule has 2 N–H and O–H groups in total. The predicted molar refractivity (Wildman–Crippen MR) is 66.2 cm³/mol. The fourth-order valence-corrected chi connectivity index (χ4v) is 2.81. The van der Waals surface area contributed by atoms with Gasteiger partial charge < -0.3 is 5.73 Å². The SMILES string of the molecule is CC(C)(C)CCS(=O)c1cc(F)ccc1N. The quantitative estimate of drug-likeness (QED) is 0.829. The van der Waals surface area contributed by atoms with E-state index in [-0.39, 0.29) is 5.41 Å². The third-order valence-electron chi connectivity index (χ3n) is 2.26. The van der Waals surface area contributed by atoms with Gasteiger partial charge in [0, 0.05) is 11.4 Å². The fraction of sp³-hybridized carbons (Fsp3) is 0.500. The zero-order valence-corrected chi connectivity index (χ0v) is 10.7. The highest BCUT2D eigenvalue weighted by atomic mass is 32.2. The molecule has 0 aliphatic rings. The molecule has 1 unspecified atom stereocenters. The molecule has 0 aliphatic carbocycles. The van der Waals surface area contributed by atoms with E-state index in [1.54, 1.807) is 0 Å². The number of hydrogen-bond acceptors (Lipinski definition) is 2. The van der Waals surface area contributed by atoms with Gasteiger partial charge in [-0.1, -0.05) is 20.8 Å². The summed E-state index contributed by atoms with van der Waals surface area (Å²) >= 11 is 0. The lowest BCUT2D eigenvalue weighted by Crippen LogP contribution is -2.11. The molecule has 0 aromatic heterocycles. The smallest absolute Gasteiger partial charge is 0.124 e. The van der Waals surface area contributed by atoms with E-state index >= 15 is 0 Å². The minimum Gasteiger partial charge on any atom is -0.398 e. The number of nitrogens with two attached hydrogens (primary N) is 1. The third kappa shape index (κ3) is 3.93. The van der Waals surface area contributed by atoms with Gasteiger partial charge in [0.05, 0.1) is 15.7 Å². The van der Waals surface area contributed by atoms with Crippen molar-refractivity contribution in [3.63, 3.8) is 0 Å². The molecule has 0 fully saturated rings. The standard InChI is InChI=1S/C12H18FNOS/c1-12(2,3)6-7-16(15)11-8-9(13)4-5-10(11)14/h4-5,8H,6-7,14H2,1-3H3. The molecule has 4 heteroatoms. The molecule has 0 aliphatic heterocycles. The first-order valence-electron chi connectivity index (χ1n) is 5.23. The summed E-state index contributed by atoms with van der Waals surface area (Å²) in [5.74, 6) is 0.116. The molecule has 1 rings (SSSR count). The molecule has 1 aromatic rings.